The van der Waals surface area contributed by atoms with Crippen LogP contribution in [-0.2, 0) is 6.42 Å². The topological polar surface area (TPSA) is 68.8 Å². The van der Waals surface area contributed by atoms with Crippen molar-refractivity contribution in [2.24, 2.45) is 5.84 Å². The summed E-state index contributed by atoms with van der Waals surface area (Å²) in [6.45, 7) is 2.00. The average molecular weight is 299 g/mol. The third-order valence-electron chi connectivity index (χ3n) is 3.27. The maximum atomic E-state index is 5.70. The van der Waals surface area contributed by atoms with Crippen molar-refractivity contribution in [2.45, 2.75) is 19.4 Å². The van der Waals surface area contributed by atoms with Crippen molar-refractivity contribution in [3.63, 3.8) is 0 Å². The number of nitrogens with two attached hydrogens (primary N) is 1. The molecule has 1 unspecified atom stereocenters. The lowest BCUT2D eigenvalue weighted by molar-refractivity contribution is 0.550. The molecule has 6 heteroatoms. The Morgan fingerprint density at radius 3 is 2.81 bits per heavy atom. The number of nitrogens with one attached hydrogen (secondary N) is 1. The molecule has 0 fully saturated rings. The molecule has 0 aliphatic heterocycles. The van der Waals surface area contributed by atoms with Gasteiger partial charge in [0.05, 0.1) is 22.9 Å². The maximum Gasteiger partial charge on any atom is 0.0947 e. The van der Waals surface area contributed by atoms with E-state index in [0.717, 1.165) is 28.4 Å². The summed E-state index contributed by atoms with van der Waals surface area (Å²) in [6.07, 6.45) is 4.60. The van der Waals surface area contributed by atoms with Crippen molar-refractivity contribution < 1.29 is 0 Å². The van der Waals surface area contributed by atoms with Crippen molar-refractivity contribution >= 4 is 11.3 Å². The van der Waals surface area contributed by atoms with Crippen LogP contribution < -0.4 is 11.3 Å². The van der Waals surface area contributed by atoms with E-state index in [1.165, 1.54) is 0 Å². The molecule has 0 saturated carbocycles. The summed E-state index contributed by atoms with van der Waals surface area (Å²) in [6, 6.07) is 10.0. The number of nitrogens with zero attached hydrogens (tertiary/aromatic N) is 3. The Bertz CT molecular complexity index is 704. The van der Waals surface area contributed by atoms with Crippen LogP contribution in [0.2, 0.25) is 0 Å². The highest BCUT2D eigenvalue weighted by molar-refractivity contribution is 7.09. The van der Waals surface area contributed by atoms with E-state index >= 15 is 0 Å². The third-order valence-corrected chi connectivity index (χ3v) is 4.26. The summed E-state index contributed by atoms with van der Waals surface area (Å²) in [5.41, 5.74) is 5.98. The summed E-state index contributed by atoms with van der Waals surface area (Å²) in [7, 11) is 0. The van der Waals surface area contributed by atoms with Crippen LogP contribution >= 0.6 is 11.3 Å². The van der Waals surface area contributed by atoms with Crippen LogP contribution in [0.1, 0.15) is 22.3 Å². The van der Waals surface area contributed by atoms with E-state index in [0.29, 0.717) is 0 Å². The van der Waals surface area contributed by atoms with Gasteiger partial charge in [-0.25, -0.2) is 9.67 Å². The number of hydrogen-bond acceptors (Lipinski definition) is 5. The van der Waals surface area contributed by atoms with Crippen molar-refractivity contribution in [2.75, 3.05) is 0 Å². The van der Waals surface area contributed by atoms with Crippen LogP contribution in [0.5, 0.6) is 0 Å². The van der Waals surface area contributed by atoms with Gasteiger partial charge in [0.15, 0.2) is 0 Å². The second kappa shape index (κ2) is 6.17. The first-order valence-corrected chi connectivity index (χ1v) is 7.61. The lowest BCUT2D eigenvalue weighted by Crippen LogP contribution is -2.29. The third kappa shape index (κ3) is 3.18. The van der Waals surface area contributed by atoms with Crippen LogP contribution in [0.4, 0.5) is 0 Å². The fourth-order valence-electron chi connectivity index (χ4n) is 2.18. The number of hydrogen-bond donors (Lipinski definition) is 2. The van der Waals surface area contributed by atoms with E-state index in [9.17, 15) is 0 Å². The minimum Gasteiger partial charge on any atom is -0.271 e. The number of benzene rings is 1. The summed E-state index contributed by atoms with van der Waals surface area (Å²) < 4.78 is 1.85. The molecular weight excluding hydrogens is 282 g/mol. The van der Waals surface area contributed by atoms with Gasteiger partial charge in [-0.05, 0) is 19.1 Å². The smallest absolute Gasteiger partial charge is 0.0947 e. The van der Waals surface area contributed by atoms with E-state index in [4.69, 9.17) is 5.84 Å². The number of para-hydroxylation sites is 1. The molecule has 0 aliphatic rings. The molecule has 3 rings (SSSR count). The lowest BCUT2D eigenvalue weighted by atomic mass is 10.1. The molecule has 5 nitrogen and oxygen atoms in total. The van der Waals surface area contributed by atoms with Gasteiger partial charge in [-0.1, -0.05) is 18.2 Å². The summed E-state index contributed by atoms with van der Waals surface area (Å²) in [4.78, 5) is 4.48. The zero-order valence-corrected chi connectivity index (χ0v) is 12.5. The lowest BCUT2D eigenvalue weighted by Gasteiger charge is -2.12. The fourth-order valence-corrected chi connectivity index (χ4v) is 3.00. The minimum absolute atomic E-state index is 0.00742. The second-order valence-corrected chi connectivity index (χ2v) is 5.80. The standard InChI is InChI=1S/C15H17N5S/c1-11-10-21-15(18-11)7-14(19-16)12-8-17-20(9-12)13-5-3-2-4-6-13/h2-6,8-10,14,19H,7,16H2,1H3. The van der Waals surface area contributed by atoms with Gasteiger partial charge in [0.2, 0.25) is 0 Å². The van der Waals surface area contributed by atoms with Gasteiger partial charge >= 0.3 is 0 Å². The largest absolute Gasteiger partial charge is 0.271 e. The predicted molar refractivity (Wildman–Crippen MR) is 84.2 cm³/mol. The summed E-state index contributed by atoms with van der Waals surface area (Å²) in [5.74, 6) is 5.70. The van der Waals surface area contributed by atoms with Gasteiger partial charge < -0.3 is 0 Å². The molecule has 0 aliphatic carbocycles. The predicted octanol–water partition coefficient (Wildman–Crippen LogP) is 2.38. The molecule has 0 spiro atoms. The van der Waals surface area contributed by atoms with E-state index < -0.39 is 0 Å². The number of hydrazine groups is 1. The monoisotopic (exact) mass is 299 g/mol. The summed E-state index contributed by atoms with van der Waals surface area (Å²) >= 11 is 1.66. The zero-order valence-electron chi connectivity index (χ0n) is 11.7. The number of thiazole rings is 1. The highest BCUT2D eigenvalue weighted by atomic mass is 32.1. The first-order chi connectivity index (χ1) is 10.3. The molecule has 2 heterocycles. The SMILES string of the molecule is Cc1csc(CC(NN)c2cnn(-c3ccccc3)c2)n1. The molecule has 2 aromatic heterocycles. The molecule has 3 N–H and O–H groups in total. The normalized spacial score (nSPS) is 12.5. The second-order valence-electron chi connectivity index (χ2n) is 4.86. The quantitative estimate of drug-likeness (QED) is 0.560. The Morgan fingerprint density at radius 2 is 2.14 bits per heavy atom. The van der Waals surface area contributed by atoms with Crippen LogP contribution in [0.25, 0.3) is 5.69 Å². The Balaban J connectivity index is 1.80. The average Bonchev–Trinajstić information content (AvgIpc) is 3.15. The van der Waals surface area contributed by atoms with E-state index in [1.807, 2.05) is 54.3 Å². The Labute approximate surface area is 127 Å². The van der Waals surface area contributed by atoms with Crippen molar-refractivity contribution in [3.8, 4) is 5.69 Å². The van der Waals surface area contributed by atoms with E-state index in [-0.39, 0.29) is 6.04 Å². The number of rotatable bonds is 5. The van der Waals surface area contributed by atoms with E-state index in [2.05, 4.69) is 20.9 Å². The van der Waals surface area contributed by atoms with Gasteiger partial charge in [-0.3, -0.25) is 11.3 Å². The molecule has 108 valence electrons. The van der Waals surface area contributed by atoms with Gasteiger partial charge in [0.25, 0.3) is 0 Å². The molecule has 0 bridgehead atoms. The van der Waals surface area contributed by atoms with Crippen LogP contribution in [0.15, 0.2) is 48.1 Å². The number of aryl methyl sites for hydroxylation is 1. The Morgan fingerprint density at radius 1 is 1.33 bits per heavy atom. The number of aromatic nitrogens is 3. The van der Waals surface area contributed by atoms with Crippen molar-refractivity contribution in [1.29, 1.82) is 0 Å². The highest BCUT2D eigenvalue weighted by Gasteiger charge is 2.15. The molecule has 0 radical (unpaired) electrons. The van der Waals surface area contributed by atoms with Crippen LogP contribution in [0.3, 0.4) is 0 Å². The summed E-state index contributed by atoms with van der Waals surface area (Å²) in [5, 5.41) is 7.53. The molecule has 3 aromatic rings. The molecule has 0 amide bonds. The molecule has 1 aromatic carbocycles. The highest BCUT2D eigenvalue weighted by Crippen LogP contribution is 2.20. The maximum absolute atomic E-state index is 5.70. The first kappa shape index (κ1) is 13.9. The molecule has 0 saturated heterocycles. The zero-order chi connectivity index (χ0) is 14.7. The van der Waals surface area contributed by atoms with Crippen molar-refractivity contribution in [3.05, 3.63) is 64.4 Å². The molecule has 21 heavy (non-hydrogen) atoms. The Kier molecular flexibility index (Phi) is 4.10. The van der Waals surface area contributed by atoms with Crippen LogP contribution in [0, 0.1) is 6.92 Å². The Hall–Kier alpha value is -2.02. The van der Waals surface area contributed by atoms with E-state index in [1.54, 1.807) is 11.3 Å². The van der Waals surface area contributed by atoms with Gasteiger partial charge in [-0.2, -0.15) is 5.10 Å². The molecular formula is C15H17N5S. The van der Waals surface area contributed by atoms with Gasteiger partial charge in [0, 0.05) is 29.3 Å². The molecule has 1 atom stereocenters. The van der Waals surface area contributed by atoms with Crippen molar-refractivity contribution in [1.82, 2.24) is 20.2 Å². The van der Waals surface area contributed by atoms with Gasteiger partial charge in [-0.15, -0.1) is 11.3 Å². The fraction of sp³-hybridized carbons (Fsp3) is 0.200. The minimum atomic E-state index is 0.00742. The van der Waals surface area contributed by atoms with Crippen LogP contribution in [-0.4, -0.2) is 14.8 Å². The first-order valence-electron chi connectivity index (χ1n) is 6.73. The van der Waals surface area contributed by atoms with Gasteiger partial charge in [0.1, 0.15) is 0 Å².